The Hall–Kier alpha value is -1.89. The van der Waals surface area contributed by atoms with E-state index in [1.165, 1.54) is 36.2 Å². The van der Waals surface area contributed by atoms with Crippen LogP contribution in [0.25, 0.3) is 0 Å². The molecule has 0 aromatic heterocycles. The number of hydrogen-bond acceptors (Lipinski definition) is 4. The lowest BCUT2D eigenvalue weighted by Gasteiger charge is -2.27. The van der Waals surface area contributed by atoms with Crippen LogP contribution in [0, 0.1) is 5.82 Å². The minimum atomic E-state index is -1.04. The molecule has 1 aromatic rings. The van der Waals surface area contributed by atoms with Crippen molar-refractivity contribution in [2.24, 2.45) is 4.99 Å². The van der Waals surface area contributed by atoms with Crippen LogP contribution in [-0.2, 0) is 9.59 Å². The minimum absolute atomic E-state index is 0.0566. The number of amidine groups is 1. The number of hydrogen-bond donors (Lipinski definition) is 1. The van der Waals surface area contributed by atoms with Gasteiger partial charge in [-0.1, -0.05) is 11.8 Å². The second-order valence-electron chi connectivity index (χ2n) is 3.97. The van der Waals surface area contributed by atoms with Crippen molar-refractivity contribution in [1.82, 2.24) is 4.90 Å². The molecule has 1 atom stereocenters. The van der Waals surface area contributed by atoms with Crippen LogP contribution in [0.4, 0.5) is 10.1 Å². The van der Waals surface area contributed by atoms with Crippen molar-refractivity contribution in [3.8, 4) is 0 Å². The average molecular weight is 282 g/mol. The number of carbonyl (C=O) groups is 2. The van der Waals surface area contributed by atoms with Crippen LogP contribution in [0.5, 0.6) is 0 Å². The summed E-state index contributed by atoms with van der Waals surface area (Å²) in [7, 11) is 1.54. The van der Waals surface area contributed by atoms with Gasteiger partial charge in [-0.3, -0.25) is 14.5 Å². The topological polar surface area (TPSA) is 70.0 Å². The fraction of sp³-hybridized carbons (Fsp3) is 0.250. The van der Waals surface area contributed by atoms with Gasteiger partial charge < -0.3 is 5.11 Å². The number of carboxylic acid groups (broad SMARTS) is 1. The number of aliphatic carboxylic acids is 1. The SMILES string of the molecule is CN1C(=O)C[C@H](C(=O)O)SC1=Nc1ccc(F)cc1. The summed E-state index contributed by atoms with van der Waals surface area (Å²) in [5, 5.41) is 8.44. The lowest BCUT2D eigenvalue weighted by Crippen LogP contribution is -2.41. The molecule has 1 saturated heterocycles. The van der Waals surface area contributed by atoms with E-state index in [-0.39, 0.29) is 18.1 Å². The lowest BCUT2D eigenvalue weighted by atomic mass is 10.3. The Morgan fingerprint density at radius 2 is 2.11 bits per heavy atom. The molecule has 1 amide bonds. The maximum absolute atomic E-state index is 12.8. The van der Waals surface area contributed by atoms with Gasteiger partial charge in [0.2, 0.25) is 5.91 Å². The van der Waals surface area contributed by atoms with Gasteiger partial charge in [-0.05, 0) is 24.3 Å². The zero-order chi connectivity index (χ0) is 14.0. The van der Waals surface area contributed by atoms with Crippen molar-refractivity contribution in [3.63, 3.8) is 0 Å². The molecule has 0 radical (unpaired) electrons. The molecule has 100 valence electrons. The monoisotopic (exact) mass is 282 g/mol. The first kappa shape index (κ1) is 13.5. The number of rotatable bonds is 2. The Labute approximate surface area is 113 Å². The summed E-state index contributed by atoms with van der Waals surface area (Å²) in [5.41, 5.74) is 0.467. The summed E-state index contributed by atoms with van der Waals surface area (Å²) in [5.74, 6) is -1.72. The summed E-state index contributed by atoms with van der Waals surface area (Å²) < 4.78 is 12.8. The first-order chi connectivity index (χ1) is 8.97. The molecule has 1 heterocycles. The predicted molar refractivity (Wildman–Crippen MR) is 69.9 cm³/mol. The summed E-state index contributed by atoms with van der Waals surface area (Å²) in [6.07, 6.45) is -0.0566. The fourth-order valence-electron chi connectivity index (χ4n) is 1.52. The second kappa shape index (κ2) is 5.40. The zero-order valence-corrected chi connectivity index (χ0v) is 10.9. The van der Waals surface area contributed by atoms with E-state index in [1.807, 2.05) is 0 Å². The van der Waals surface area contributed by atoms with E-state index in [2.05, 4.69) is 4.99 Å². The standard InChI is InChI=1S/C12H11FN2O3S/c1-15-10(16)6-9(11(17)18)19-12(15)14-8-4-2-7(13)3-5-8/h2-5,9H,6H2,1H3,(H,17,18)/t9-/m1/s1. The maximum Gasteiger partial charge on any atom is 0.317 e. The molecular weight excluding hydrogens is 271 g/mol. The largest absolute Gasteiger partial charge is 0.480 e. The molecular formula is C12H11FN2O3S. The third kappa shape index (κ3) is 3.11. The number of carbonyl (C=O) groups excluding carboxylic acids is 1. The molecule has 0 spiro atoms. The third-order valence-corrected chi connectivity index (χ3v) is 3.82. The molecule has 19 heavy (non-hydrogen) atoms. The number of nitrogens with zero attached hydrogens (tertiary/aromatic N) is 2. The predicted octanol–water partition coefficient (Wildman–Crippen LogP) is 1.86. The van der Waals surface area contributed by atoms with E-state index >= 15 is 0 Å². The van der Waals surface area contributed by atoms with E-state index in [4.69, 9.17) is 5.11 Å². The van der Waals surface area contributed by atoms with Crippen LogP contribution < -0.4 is 0 Å². The first-order valence-corrected chi connectivity index (χ1v) is 6.35. The van der Waals surface area contributed by atoms with Crippen molar-refractivity contribution < 1.29 is 19.1 Å². The molecule has 0 aliphatic carbocycles. The highest BCUT2D eigenvalue weighted by Gasteiger charge is 2.33. The van der Waals surface area contributed by atoms with E-state index in [0.717, 1.165) is 11.8 Å². The Bertz CT molecular complexity index is 544. The molecule has 2 rings (SSSR count). The van der Waals surface area contributed by atoms with Crippen LogP contribution in [0.15, 0.2) is 29.3 Å². The van der Waals surface area contributed by atoms with Crippen molar-refractivity contribution in [1.29, 1.82) is 0 Å². The second-order valence-corrected chi connectivity index (χ2v) is 5.14. The van der Waals surface area contributed by atoms with E-state index < -0.39 is 11.2 Å². The zero-order valence-electron chi connectivity index (χ0n) is 10.0. The Morgan fingerprint density at radius 1 is 1.47 bits per heavy atom. The minimum Gasteiger partial charge on any atom is -0.480 e. The van der Waals surface area contributed by atoms with E-state index in [0.29, 0.717) is 10.9 Å². The first-order valence-electron chi connectivity index (χ1n) is 5.47. The van der Waals surface area contributed by atoms with Gasteiger partial charge >= 0.3 is 5.97 Å². The van der Waals surface area contributed by atoms with Crippen molar-refractivity contribution in [2.75, 3.05) is 7.05 Å². The summed E-state index contributed by atoms with van der Waals surface area (Å²) in [4.78, 5) is 28.1. The summed E-state index contributed by atoms with van der Waals surface area (Å²) >= 11 is 1.01. The maximum atomic E-state index is 12.8. The van der Waals surface area contributed by atoms with Gasteiger partial charge in [0.25, 0.3) is 0 Å². The van der Waals surface area contributed by atoms with Crippen LogP contribution in [0.1, 0.15) is 6.42 Å². The van der Waals surface area contributed by atoms with Gasteiger partial charge in [0.05, 0.1) is 12.1 Å². The highest BCUT2D eigenvalue weighted by Crippen LogP contribution is 2.28. The highest BCUT2D eigenvalue weighted by molar-refractivity contribution is 8.15. The quantitative estimate of drug-likeness (QED) is 0.899. The third-order valence-electron chi connectivity index (χ3n) is 2.60. The fourth-order valence-corrected chi connectivity index (χ4v) is 2.51. The number of aliphatic imine (C=N–C) groups is 1. The average Bonchev–Trinajstić information content (AvgIpc) is 2.37. The molecule has 1 fully saturated rings. The molecule has 1 aromatic carbocycles. The van der Waals surface area contributed by atoms with Gasteiger partial charge in [-0.2, -0.15) is 0 Å². The molecule has 1 N–H and O–H groups in total. The van der Waals surface area contributed by atoms with E-state index in [1.54, 1.807) is 0 Å². The Kier molecular flexibility index (Phi) is 3.84. The smallest absolute Gasteiger partial charge is 0.317 e. The Morgan fingerprint density at radius 3 is 2.68 bits per heavy atom. The number of benzene rings is 1. The van der Waals surface area contributed by atoms with Crippen LogP contribution >= 0.6 is 11.8 Å². The molecule has 0 saturated carbocycles. The lowest BCUT2D eigenvalue weighted by molar-refractivity contribution is -0.139. The molecule has 5 nitrogen and oxygen atoms in total. The van der Waals surface area contributed by atoms with Gasteiger partial charge in [-0.15, -0.1) is 0 Å². The summed E-state index contributed by atoms with van der Waals surface area (Å²) in [6, 6.07) is 5.43. The van der Waals surface area contributed by atoms with Crippen molar-refractivity contribution in [2.45, 2.75) is 11.7 Å². The van der Waals surface area contributed by atoms with Crippen molar-refractivity contribution >= 4 is 34.5 Å². The highest BCUT2D eigenvalue weighted by atomic mass is 32.2. The van der Waals surface area contributed by atoms with Crippen LogP contribution in [0.3, 0.4) is 0 Å². The van der Waals surface area contributed by atoms with Gasteiger partial charge in [0, 0.05) is 7.05 Å². The molecule has 1 aliphatic heterocycles. The summed E-state index contributed by atoms with van der Waals surface area (Å²) in [6.45, 7) is 0. The van der Waals surface area contributed by atoms with Gasteiger partial charge in [0.15, 0.2) is 5.17 Å². The number of halogens is 1. The molecule has 7 heteroatoms. The van der Waals surface area contributed by atoms with Crippen LogP contribution in [0.2, 0.25) is 0 Å². The normalized spacial score (nSPS) is 21.8. The van der Waals surface area contributed by atoms with Crippen LogP contribution in [-0.4, -0.2) is 39.3 Å². The number of amides is 1. The molecule has 0 bridgehead atoms. The van der Waals surface area contributed by atoms with Gasteiger partial charge in [0.1, 0.15) is 11.1 Å². The molecule has 1 aliphatic rings. The molecule has 0 unspecified atom stereocenters. The van der Waals surface area contributed by atoms with E-state index in [9.17, 15) is 14.0 Å². The number of carboxylic acids is 1. The van der Waals surface area contributed by atoms with Gasteiger partial charge in [-0.25, -0.2) is 9.38 Å². The van der Waals surface area contributed by atoms with Crippen molar-refractivity contribution in [3.05, 3.63) is 30.1 Å². The number of thioether (sulfide) groups is 1. The Balaban J connectivity index is 2.27.